The van der Waals surface area contributed by atoms with Crippen LogP contribution >= 0.6 is 0 Å². The van der Waals surface area contributed by atoms with Crippen LogP contribution in [0.25, 0.3) is 0 Å². The molecule has 1 saturated heterocycles. The molecule has 1 aliphatic rings. The van der Waals surface area contributed by atoms with Crippen molar-refractivity contribution in [3.8, 4) is 11.5 Å². The number of amides is 2. The van der Waals surface area contributed by atoms with Crippen molar-refractivity contribution in [2.75, 3.05) is 20.2 Å². The van der Waals surface area contributed by atoms with E-state index in [1.807, 2.05) is 4.90 Å². The lowest BCUT2D eigenvalue weighted by Crippen LogP contribution is -2.45. The number of rotatable bonds is 6. The molecule has 1 fully saturated rings. The van der Waals surface area contributed by atoms with E-state index in [2.05, 4.69) is 17.0 Å². The zero-order valence-electron chi connectivity index (χ0n) is 14.1. The first kappa shape index (κ1) is 18.3. The van der Waals surface area contributed by atoms with Gasteiger partial charge in [0.05, 0.1) is 7.11 Å². The zero-order chi connectivity index (χ0) is 17.5. The highest BCUT2D eigenvalue weighted by Gasteiger charge is 2.22. The molecular weight excluding hydrogens is 318 g/mol. The summed E-state index contributed by atoms with van der Waals surface area (Å²) in [6.45, 7) is 0.974. The number of urea groups is 1. The number of piperidine rings is 1. The Labute approximate surface area is 140 Å². The highest BCUT2D eigenvalue weighted by Crippen LogP contribution is 2.29. The monoisotopic (exact) mass is 342 g/mol. The lowest BCUT2D eigenvalue weighted by Gasteiger charge is -2.32. The Hall–Kier alpha value is -2.05. The molecule has 1 atom stereocenters. The number of ether oxygens (including phenoxy) is 2. The van der Waals surface area contributed by atoms with Crippen molar-refractivity contribution in [2.45, 2.75) is 39.3 Å². The third kappa shape index (κ3) is 4.97. The number of carbonyl (C=O) groups excluding carboxylic acids is 1. The Morgan fingerprint density at radius 2 is 2.21 bits per heavy atom. The zero-order valence-corrected chi connectivity index (χ0v) is 14.1. The summed E-state index contributed by atoms with van der Waals surface area (Å²) in [5, 5.41) is 2.83. The first-order chi connectivity index (χ1) is 11.5. The average Bonchev–Trinajstić information content (AvgIpc) is 2.59. The van der Waals surface area contributed by atoms with Crippen molar-refractivity contribution in [1.82, 2.24) is 10.2 Å². The van der Waals surface area contributed by atoms with Gasteiger partial charge in [0.15, 0.2) is 11.5 Å². The van der Waals surface area contributed by atoms with Crippen molar-refractivity contribution in [2.24, 2.45) is 5.92 Å². The topological polar surface area (TPSA) is 50.8 Å². The standard InChI is InChI=1S/C17H24F2N2O3/c1-3-12-5-4-8-21(11-12)17(22)20-10-13-6-7-14(23-2)15(9-13)24-16(18)19/h6-7,9,12,16H,3-5,8,10-11H2,1-2H3,(H,20,22). The Kier molecular flexibility index (Phi) is 6.63. The van der Waals surface area contributed by atoms with Crippen LogP contribution in [-0.2, 0) is 6.54 Å². The molecule has 1 heterocycles. The Morgan fingerprint density at radius 1 is 1.42 bits per heavy atom. The second kappa shape index (κ2) is 8.70. The number of alkyl halides is 2. The highest BCUT2D eigenvalue weighted by atomic mass is 19.3. The van der Waals surface area contributed by atoms with Gasteiger partial charge in [0, 0.05) is 19.6 Å². The number of hydrogen-bond donors (Lipinski definition) is 1. The largest absolute Gasteiger partial charge is 0.493 e. The molecule has 0 saturated carbocycles. The van der Waals surface area contributed by atoms with E-state index in [-0.39, 0.29) is 24.1 Å². The summed E-state index contributed by atoms with van der Waals surface area (Å²) in [6, 6.07) is 4.59. The van der Waals surface area contributed by atoms with Crippen LogP contribution in [0.1, 0.15) is 31.7 Å². The molecule has 0 spiro atoms. The van der Waals surface area contributed by atoms with Gasteiger partial charge < -0.3 is 19.7 Å². The van der Waals surface area contributed by atoms with Gasteiger partial charge in [-0.3, -0.25) is 0 Å². The summed E-state index contributed by atoms with van der Waals surface area (Å²) in [5.74, 6) is 0.743. The normalized spacial score (nSPS) is 17.7. The third-order valence-electron chi connectivity index (χ3n) is 4.27. The number of benzene rings is 1. The number of likely N-dealkylation sites (tertiary alicyclic amines) is 1. The van der Waals surface area contributed by atoms with Gasteiger partial charge >= 0.3 is 12.6 Å². The number of methoxy groups -OCH3 is 1. The van der Waals surface area contributed by atoms with Crippen LogP contribution in [0.3, 0.4) is 0 Å². The van der Waals surface area contributed by atoms with Crippen LogP contribution in [0.15, 0.2) is 18.2 Å². The summed E-state index contributed by atoms with van der Waals surface area (Å²) < 4.78 is 34.3. The van der Waals surface area contributed by atoms with Crippen molar-refractivity contribution in [1.29, 1.82) is 0 Å². The predicted molar refractivity (Wildman–Crippen MR) is 86.4 cm³/mol. The predicted octanol–water partition coefficient (Wildman–Crippen LogP) is 3.63. The summed E-state index contributed by atoms with van der Waals surface area (Å²) in [7, 11) is 1.38. The van der Waals surface area contributed by atoms with E-state index in [0.29, 0.717) is 11.5 Å². The van der Waals surface area contributed by atoms with Gasteiger partial charge in [-0.1, -0.05) is 19.4 Å². The van der Waals surface area contributed by atoms with Gasteiger partial charge in [-0.05, 0) is 36.5 Å². The SMILES string of the molecule is CCC1CCCN(C(=O)NCc2ccc(OC)c(OC(F)F)c2)C1. The van der Waals surface area contributed by atoms with E-state index >= 15 is 0 Å². The van der Waals surface area contributed by atoms with Crippen molar-refractivity contribution >= 4 is 6.03 Å². The van der Waals surface area contributed by atoms with E-state index in [4.69, 9.17) is 4.74 Å². The molecule has 2 amide bonds. The van der Waals surface area contributed by atoms with Gasteiger partial charge in [-0.15, -0.1) is 0 Å². The van der Waals surface area contributed by atoms with Crippen molar-refractivity contribution in [3.05, 3.63) is 23.8 Å². The van der Waals surface area contributed by atoms with E-state index < -0.39 is 6.61 Å². The lowest BCUT2D eigenvalue weighted by molar-refractivity contribution is -0.0512. The fraction of sp³-hybridized carbons (Fsp3) is 0.588. The second-order valence-electron chi connectivity index (χ2n) is 5.88. The minimum absolute atomic E-state index is 0.0386. The molecule has 134 valence electrons. The molecule has 1 unspecified atom stereocenters. The summed E-state index contributed by atoms with van der Waals surface area (Å²) in [4.78, 5) is 14.1. The highest BCUT2D eigenvalue weighted by molar-refractivity contribution is 5.74. The molecule has 1 aliphatic heterocycles. The van der Waals surface area contributed by atoms with Gasteiger partial charge in [-0.2, -0.15) is 8.78 Å². The number of halogens is 2. The van der Waals surface area contributed by atoms with E-state index in [1.54, 1.807) is 12.1 Å². The molecule has 1 aromatic rings. The quantitative estimate of drug-likeness (QED) is 0.859. The molecule has 0 radical (unpaired) electrons. The molecule has 1 aromatic carbocycles. The van der Waals surface area contributed by atoms with Gasteiger partial charge in [0.2, 0.25) is 0 Å². The van der Waals surface area contributed by atoms with Crippen LogP contribution in [0.4, 0.5) is 13.6 Å². The van der Waals surface area contributed by atoms with E-state index in [9.17, 15) is 13.6 Å². The van der Waals surface area contributed by atoms with Crippen LogP contribution in [-0.4, -0.2) is 37.7 Å². The fourth-order valence-corrected chi connectivity index (χ4v) is 2.89. The molecular formula is C17H24F2N2O3. The van der Waals surface area contributed by atoms with Gasteiger partial charge in [0.1, 0.15) is 0 Å². The minimum atomic E-state index is -2.93. The van der Waals surface area contributed by atoms with E-state index in [1.165, 1.54) is 13.2 Å². The Bertz CT molecular complexity index is 555. The number of nitrogens with one attached hydrogen (secondary N) is 1. The molecule has 0 aliphatic carbocycles. The van der Waals surface area contributed by atoms with Gasteiger partial charge in [-0.25, -0.2) is 4.79 Å². The first-order valence-corrected chi connectivity index (χ1v) is 8.18. The molecule has 1 N–H and O–H groups in total. The molecule has 2 rings (SSSR count). The second-order valence-corrected chi connectivity index (χ2v) is 5.88. The maximum absolute atomic E-state index is 12.4. The molecule has 7 heteroatoms. The number of hydrogen-bond acceptors (Lipinski definition) is 3. The Morgan fingerprint density at radius 3 is 2.88 bits per heavy atom. The van der Waals surface area contributed by atoms with Crippen LogP contribution in [0.5, 0.6) is 11.5 Å². The van der Waals surface area contributed by atoms with Crippen LogP contribution < -0.4 is 14.8 Å². The fourth-order valence-electron chi connectivity index (χ4n) is 2.89. The average molecular weight is 342 g/mol. The lowest BCUT2D eigenvalue weighted by atomic mass is 9.96. The minimum Gasteiger partial charge on any atom is -0.493 e. The molecule has 5 nitrogen and oxygen atoms in total. The third-order valence-corrected chi connectivity index (χ3v) is 4.27. The maximum atomic E-state index is 12.4. The maximum Gasteiger partial charge on any atom is 0.387 e. The summed E-state index contributed by atoms with van der Waals surface area (Å²) in [5.41, 5.74) is 0.670. The smallest absolute Gasteiger partial charge is 0.387 e. The first-order valence-electron chi connectivity index (χ1n) is 8.18. The van der Waals surface area contributed by atoms with Gasteiger partial charge in [0.25, 0.3) is 0 Å². The van der Waals surface area contributed by atoms with Crippen LogP contribution in [0.2, 0.25) is 0 Å². The number of nitrogens with zero attached hydrogens (tertiary/aromatic N) is 1. The Balaban J connectivity index is 1.94. The van der Waals surface area contributed by atoms with Crippen molar-refractivity contribution in [3.63, 3.8) is 0 Å². The van der Waals surface area contributed by atoms with Crippen LogP contribution in [0, 0.1) is 5.92 Å². The molecule has 24 heavy (non-hydrogen) atoms. The molecule has 0 aromatic heterocycles. The van der Waals surface area contributed by atoms with Crippen molar-refractivity contribution < 1.29 is 23.0 Å². The summed E-state index contributed by atoms with van der Waals surface area (Å²) in [6.07, 6.45) is 3.24. The van der Waals surface area contributed by atoms with E-state index in [0.717, 1.165) is 32.4 Å². The number of carbonyl (C=O) groups is 1. The molecule has 0 bridgehead atoms. The summed E-state index contributed by atoms with van der Waals surface area (Å²) >= 11 is 0.